The molecule has 0 heterocycles. The highest BCUT2D eigenvalue weighted by atomic mass is 16.5. The lowest BCUT2D eigenvalue weighted by molar-refractivity contribution is 0.161. The van der Waals surface area contributed by atoms with Crippen LogP contribution in [-0.2, 0) is 6.54 Å². The lowest BCUT2D eigenvalue weighted by Gasteiger charge is -2.07. The predicted molar refractivity (Wildman–Crippen MR) is 44.5 cm³/mol. The minimum Gasteiger partial charge on any atom is -0.316 e. The van der Waals surface area contributed by atoms with Gasteiger partial charge in [0.2, 0.25) is 0 Å². The molecular weight excluding hydrogens is 138 g/mol. The Hall–Kier alpha value is -0.860. The first-order valence-electron chi connectivity index (χ1n) is 3.67. The Morgan fingerprint density at radius 3 is 2.27 bits per heavy atom. The van der Waals surface area contributed by atoms with Gasteiger partial charge >= 0.3 is 0 Å². The second-order valence-corrected chi connectivity index (χ2v) is 2.71. The molecule has 0 aromatic heterocycles. The van der Waals surface area contributed by atoms with Gasteiger partial charge in [0.1, 0.15) is 0 Å². The fraction of sp³-hybridized carbons (Fsp3) is 0.333. The van der Waals surface area contributed by atoms with Gasteiger partial charge in [-0.05, 0) is 30.5 Å². The van der Waals surface area contributed by atoms with E-state index in [0.29, 0.717) is 6.54 Å². The van der Waals surface area contributed by atoms with Gasteiger partial charge in [0, 0.05) is 6.54 Å². The third-order valence-corrected chi connectivity index (χ3v) is 1.90. The largest absolute Gasteiger partial charge is 0.316 e. The van der Waals surface area contributed by atoms with Crippen molar-refractivity contribution >= 4 is 0 Å². The first-order valence-corrected chi connectivity index (χ1v) is 3.67. The van der Waals surface area contributed by atoms with Crippen LogP contribution in [0.25, 0.3) is 0 Å². The number of hydroxylamine groups is 1. The molecule has 0 spiro atoms. The van der Waals surface area contributed by atoms with Crippen molar-refractivity contribution < 1.29 is 5.21 Å². The molecule has 0 aliphatic heterocycles. The van der Waals surface area contributed by atoms with Gasteiger partial charge in [0.15, 0.2) is 0 Å². The van der Waals surface area contributed by atoms with Crippen LogP contribution in [0.3, 0.4) is 0 Å². The molecule has 0 aliphatic rings. The molecule has 11 heavy (non-hydrogen) atoms. The van der Waals surface area contributed by atoms with Crippen molar-refractivity contribution in [1.29, 1.82) is 0 Å². The van der Waals surface area contributed by atoms with Crippen LogP contribution in [0.15, 0.2) is 18.2 Å². The van der Waals surface area contributed by atoms with Crippen molar-refractivity contribution in [3.63, 3.8) is 0 Å². The zero-order valence-electron chi connectivity index (χ0n) is 6.89. The standard InChI is InChI=1S/C9H13NO/c1-7-4-3-5-8(2)9(7)6-10-11/h3-5,10-11H,6H2,1-2H3. The van der Waals surface area contributed by atoms with E-state index in [4.69, 9.17) is 5.21 Å². The second kappa shape index (κ2) is 3.51. The quantitative estimate of drug-likeness (QED) is 0.631. The topological polar surface area (TPSA) is 32.3 Å². The van der Waals surface area contributed by atoms with Crippen LogP contribution in [0.5, 0.6) is 0 Å². The van der Waals surface area contributed by atoms with Crippen molar-refractivity contribution in [2.45, 2.75) is 20.4 Å². The smallest absolute Gasteiger partial charge is 0.0463 e. The summed E-state index contributed by atoms with van der Waals surface area (Å²) in [6.07, 6.45) is 0. The summed E-state index contributed by atoms with van der Waals surface area (Å²) in [6, 6.07) is 6.10. The van der Waals surface area contributed by atoms with Crippen molar-refractivity contribution in [3.05, 3.63) is 34.9 Å². The molecule has 2 nitrogen and oxygen atoms in total. The molecular formula is C9H13NO. The fourth-order valence-corrected chi connectivity index (χ4v) is 1.21. The molecule has 1 aromatic carbocycles. The van der Waals surface area contributed by atoms with E-state index in [0.717, 1.165) is 0 Å². The molecule has 0 amide bonds. The van der Waals surface area contributed by atoms with Gasteiger partial charge in [-0.1, -0.05) is 18.2 Å². The van der Waals surface area contributed by atoms with Gasteiger partial charge in [-0.2, -0.15) is 0 Å². The molecule has 0 aliphatic carbocycles. The average molecular weight is 151 g/mol. The van der Waals surface area contributed by atoms with Crippen molar-refractivity contribution in [2.75, 3.05) is 0 Å². The van der Waals surface area contributed by atoms with Crippen molar-refractivity contribution in [2.24, 2.45) is 0 Å². The van der Waals surface area contributed by atoms with E-state index in [1.807, 2.05) is 32.0 Å². The minimum atomic E-state index is 0.526. The molecule has 0 radical (unpaired) electrons. The van der Waals surface area contributed by atoms with Gasteiger partial charge < -0.3 is 5.21 Å². The molecule has 1 aromatic rings. The summed E-state index contributed by atoms with van der Waals surface area (Å²) in [7, 11) is 0. The number of nitrogens with one attached hydrogen (secondary N) is 1. The van der Waals surface area contributed by atoms with Gasteiger partial charge in [0.05, 0.1) is 0 Å². The van der Waals surface area contributed by atoms with E-state index in [9.17, 15) is 0 Å². The van der Waals surface area contributed by atoms with Crippen LogP contribution in [0.2, 0.25) is 0 Å². The molecule has 60 valence electrons. The van der Waals surface area contributed by atoms with Crippen molar-refractivity contribution in [1.82, 2.24) is 5.48 Å². The maximum absolute atomic E-state index is 8.52. The summed E-state index contributed by atoms with van der Waals surface area (Å²) in [5.74, 6) is 0. The zero-order valence-corrected chi connectivity index (χ0v) is 6.89. The highest BCUT2D eigenvalue weighted by Gasteiger charge is 1.99. The normalized spacial score (nSPS) is 10.1. The lowest BCUT2D eigenvalue weighted by atomic mass is 10.0. The van der Waals surface area contributed by atoms with Crippen LogP contribution in [-0.4, -0.2) is 5.21 Å². The maximum Gasteiger partial charge on any atom is 0.0463 e. The van der Waals surface area contributed by atoms with E-state index >= 15 is 0 Å². The molecule has 0 saturated heterocycles. The highest BCUT2D eigenvalue weighted by molar-refractivity contribution is 5.33. The SMILES string of the molecule is Cc1cccc(C)c1CNO. The Bertz CT molecular complexity index is 225. The Morgan fingerprint density at radius 1 is 1.27 bits per heavy atom. The molecule has 2 N–H and O–H groups in total. The molecule has 0 bridgehead atoms. The summed E-state index contributed by atoms with van der Waals surface area (Å²) >= 11 is 0. The number of rotatable bonds is 2. The highest BCUT2D eigenvalue weighted by Crippen LogP contribution is 2.11. The van der Waals surface area contributed by atoms with Gasteiger partial charge in [0.25, 0.3) is 0 Å². The van der Waals surface area contributed by atoms with Crippen LogP contribution in [0, 0.1) is 13.8 Å². The molecule has 0 atom stereocenters. The van der Waals surface area contributed by atoms with E-state index < -0.39 is 0 Å². The summed E-state index contributed by atoms with van der Waals surface area (Å²) in [5.41, 5.74) is 5.77. The molecule has 0 unspecified atom stereocenters. The van der Waals surface area contributed by atoms with E-state index in [-0.39, 0.29) is 0 Å². The van der Waals surface area contributed by atoms with Gasteiger partial charge in [-0.25, -0.2) is 5.48 Å². The molecule has 2 heteroatoms. The Morgan fingerprint density at radius 2 is 1.82 bits per heavy atom. The lowest BCUT2D eigenvalue weighted by Crippen LogP contribution is -2.08. The van der Waals surface area contributed by atoms with E-state index in [1.54, 1.807) is 0 Å². The average Bonchev–Trinajstić information content (AvgIpc) is 1.97. The monoisotopic (exact) mass is 151 g/mol. The Kier molecular flexibility index (Phi) is 2.63. The first-order chi connectivity index (χ1) is 5.25. The first kappa shape index (κ1) is 8.24. The third kappa shape index (κ3) is 1.79. The van der Waals surface area contributed by atoms with Gasteiger partial charge in [-0.15, -0.1) is 0 Å². The Balaban J connectivity index is 3.00. The Labute approximate surface area is 66.8 Å². The van der Waals surface area contributed by atoms with Crippen molar-refractivity contribution in [3.8, 4) is 0 Å². The number of hydrogen-bond acceptors (Lipinski definition) is 2. The zero-order chi connectivity index (χ0) is 8.27. The number of hydrogen-bond donors (Lipinski definition) is 2. The van der Waals surface area contributed by atoms with Crippen LogP contribution in [0.4, 0.5) is 0 Å². The summed E-state index contributed by atoms with van der Waals surface area (Å²) in [5, 5.41) is 8.52. The van der Waals surface area contributed by atoms with E-state index in [2.05, 4.69) is 5.48 Å². The molecule has 0 saturated carbocycles. The fourth-order valence-electron chi connectivity index (χ4n) is 1.21. The number of aryl methyl sites for hydroxylation is 2. The van der Waals surface area contributed by atoms with Crippen LogP contribution >= 0.6 is 0 Å². The maximum atomic E-state index is 8.52. The summed E-state index contributed by atoms with van der Waals surface area (Å²) < 4.78 is 0. The van der Waals surface area contributed by atoms with E-state index in [1.165, 1.54) is 16.7 Å². The van der Waals surface area contributed by atoms with Crippen LogP contribution in [0.1, 0.15) is 16.7 Å². The van der Waals surface area contributed by atoms with Gasteiger partial charge in [-0.3, -0.25) is 0 Å². The number of benzene rings is 1. The van der Waals surface area contributed by atoms with Crippen LogP contribution < -0.4 is 5.48 Å². The second-order valence-electron chi connectivity index (χ2n) is 2.71. The third-order valence-electron chi connectivity index (χ3n) is 1.90. The molecule has 1 rings (SSSR count). The molecule has 0 fully saturated rings. The predicted octanol–water partition coefficient (Wildman–Crippen LogP) is 1.78. The summed E-state index contributed by atoms with van der Waals surface area (Å²) in [4.78, 5) is 0. The summed E-state index contributed by atoms with van der Waals surface area (Å²) in [6.45, 7) is 4.61. The minimum absolute atomic E-state index is 0.526.